The Morgan fingerprint density at radius 2 is 2.10 bits per heavy atom. The highest BCUT2D eigenvalue weighted by atomic mass is 32.2. The minimum absolute atomic E-state index is 0.0458. The molecule has 0 aliphatic heterocycles. The summed E-state index contributed by atoms with van der Waals surface area (Å²) >= 11 is 0. The van der Waals surface area contributed by atoms with Crippen LogP contribution in [0.5, 0.6) is 0 Å². The van der Waals surface area contributed by atoms with Crippen LogP contribution in [0.15, 0.2) is 17.0 Å². The van der Waals surface area contributed by atoms with Crippen LogP contribution in [0.3, 0.4) is 0 Å². The van der Waals surface area contributed by atoms with Gasteiger partial charge in [0.25, 0.3) is 0 Å². The summed E-state index contributed by atoms with van der Waals surface area (Å²) in [6, 6.07) is 2.31. The van der Waals surface area contributed by atoms with E-state index >= 15 is 0 Å². The van der Waals surface area contributed by atoms with Crippen molar-refractivity contribution in [2.24, 2.45) is 5.41 Å². The smallest absolute Gasteiger partial charge is 0.243 e. The molecule has 1 aliphatic carbocycles. The van der Waals surface area contributed by atoms with E-state index in [2.05, 4.69) is 4.72 Å². The van der Waals surface area contributed by atoms with Crippen LogP contribution in [-0.4, -0.2) is 28.7 Å². The van der Waals surface area contributed by atoms with Gasteiger partial charge < -0.3 is 10.5 Å². The lowest BCUT2D eigenvalue weighted by atomic mass is 10.0. The standard InChI is InChI=1S/C14H21FN2O3S/c1-10-7-11(15)13(8-12(10)16)21(18,19)17-9-14(3-4-14)5-6-20-2/h7-8,17H,3-6,9,16H2,1-2H3. The van der Waals surface area contributed by atoms with Gasteiger partial charge in [0.2, 0.25) is 10.0 Å². The van der Waals surface area contributed by atoms with Crippen LogP contribution in [0.1, 0.15) is 24.8 Å². The number of methoxy groups -OCH3 is 1. The topological polar surface area (TPSA) is 81.4 Å². The van der Waals surface area contributed by atoms with Gasteiger partial charge in [-0.15, -0.1) is 0 Å². The first-order chi connectivity index (χ1) is 9.80. The molecule has 21 heavy (non-hydrogen) atoms. The number of hydrogen-bond donors (Lipinski definition) is 2. The summed E-state index contributed by atoms with van der Waals surface area (Å²) in [4.78, 5) is -0.395. The fourth-order valence-electron chi connectivity index (χ4n) is 2.21. The van der Waals surface area contributed by atoms with E-state index in [1.807, 2.05) is 0 Å². The van der Waals surface area contributed by atoms with Gasteiger partial charge in [0.15, 0.2) is 0 Å². The Morgan fingerprint density at radius 1 is 1.43 bits per heavy atom. The minimum atomic E-state index is -3.89. The van der Waals surface area contributed by atoms with Crippen LogP contribution in [0.4, 0.5) is 10.1 Å². The molecule has 0 unspecified atom stereocenters. The SMILES string of the molecule is COCCC1(CNS(=O)(=O)c2cc(N)c(C)cc2F)CC1. The van der Waals surface area contributed by atoms with E-state index in [0.717, 1.165) is 25.3 Å². The van der Waals surface area contributed by atoms with Crippen molar-refractivity contribution in [3.8, 4) is 0 Å². The maximum Gasteiger partial charge on any atom is 0.243 e. The maximum atomic E-state index is 13.9. The lowest BCUT2D eigenvalue weighted by molar-refractivity contribution is 0.173. The fourth-order valence-corrected chi connectivity index (χ4v) is 3.46. The number of ether oxygens (including phenoxy) is 1. The van der Waals surface area contributed by atoms with E-state index in [-0.39, 0.29) is 11.1 Å². The number of nitrogen functional groups attached to an aromatic ring is 1. The van der Waals surface area contributed by atoms with Gasteiger partial charge in [-0.1, -0.05) is 0 Å². The molecule has 1 aromatic carbocycles. The molecule has 0 saturated heterocycles. The molecule has 0 amide bonds. The average Bonchev–Trinajstić information content (AvgIpc) is 3.19. The molecule has 0 aromatic heterocycles. The zero-order valence-electron chi connectivity index (χ0n) is 12.3. The quantitative estimate of drug-likeness (QED) is 0.752. The third kappa shape index (κ3) is 3.72. The van der Waals surface area contributed by atoms with Crippen molar-refractivity contribution in [1.29, 1.82) is 0 Å². The third-order valence-electron chi connectivity index (χ3n) is 4.04. The number of benzene rings is 1. The van der Waals surface area contributed by atoms with E-state index in [1.54, 1.807) is 14.0 Å². The van der Waals surface area contributed by atoms with E-state index < -0.39 is 20.7 Å². The van der Waals surface area contributed by atoms with Crippen LogP contribution in [0, 0.1) is 18.2 Å². The van der Waals surface area contributed by atoms with Gasteiger partial charge >= 0.3 is 0 Å². The van der Waals surface area contributed by atoms with Crippen molar-refractivity contribution in [2.75, 3.05) is 26.0 Å². The van der Waals surface area contributed by atoms with Gasteiger partial charge in [-0.2, -0.15) is 0 Å². The second kappa shape index (κ2) is 5.90. The predicted octanol–water partition coefficient (Wildman–Crippen LogP) is 1.81. The summed E-state index contributed by atoms with van der Waals surface area (Å²) < 4.78 is 45.8. The maximum absolute atomic E-state index is 13.9. The van der Waals surface area contributed by atoms with Crippen molar-refractivity contribution in [1.82, 2.24) is 4.72 Å². The number of sulfonamides is 1. The van der Waals surface area contributed by atoms with Crippen molar-refractivity contribution in [3.05, 3.63) is 23.5 Å². The molecule has 0 spiro atoms. The Morgan fingerprint density at radius 3 is 2.67 bits per heavy atom. The van der Waals surface area contributed by atoms with Gasteiger partial charge in [0, 0.05) is 25.9 Å². The van der Waals surface area contributed by atoms with Crippen molar-refractivity contribution in [2.45, 2.75) is 31.1 Å². The molecule has 5 nitrogen and oxygen atoms in total. The van der Waals surface area contributed by atoms with Gasteiger partial charge in [-0.05, 0) is 49.3 Å². The molecule has 3 N–H and O–H groups in total. The van der Waals surface area contributed by atoms with E-state index in [9.17, 15) is 12.8 Å². The van der Waals surface area contributed by atoms with Gasteiger partial charge in [0.05, 0.1) is 0 Å². The number of nitrogens with two attached hydrogens (primary N) is 1. The van der Waals surface area contributed by atoms with Crippen LogP contribution < -0.4 is 10.5 Å². The number of halogens is 1. The monoisotopic (exact) mass is 316 g/mol. The lowest BCUT2D eigenvalue weighted by Crippen LogP contribution is -2.31. The van der Waals surface area contributed by atoms with Crippen LogP contribution in [0.25, 0.3) is 0 Å². The first kappa shape index (κ1) is 16.2. The fraction of sp³-hybridized carbons (Fsp3) is 0.571. The number of hydrogen-bond acceptors (Lipinski definition) is 4. The largest absolute Gasteiger partial charge is 0.398 e. The zero-order valence-corrected chi connectivity index (χ0v) is 13.1. The lowest BCUT2D eigenvalue weighted by Gasteiger charge is -2.16. The highest BCUT2D eigenvalue weighted by molar-refractivity contribution is 7.89. The van der Waals surface area contributed by atoms with Crippen LogP contribution in [0.2, 0.25) is 0 Å². The molecule has 0 heterocycles. The van der Waals surface area contributed by atoms with Crippen molar-refractivity contribution in [3.63, 3.8) is 0 Å². The Hall–Kier alpha value is -1.18. The van der Waals surface area contributed by atoms with Crippen LogP contribution in [-0.2, 0) is 14.8 Å². The van der Waals surface area contributed by atoms with Gasteiger partial charge in [0.1, 0.15) is 10.7 Å². The Kier molecular flexibility index (Phi) is 4.55. The number of aryl methyl sites for hydroxylation is 1. The van der Waals surface area contributed by atoms with E-state index in [0.29, 0.717) is 18.7 Å². The molecule has 1 saturated carbocycles. The van der Waals surface area contributed by atoms with Gasteiger partial charge in [-0.3, -0.25) is 0 Å². The second-order valence-electron chi connectivity index (χ2n) is 5.71. The number of rotatable bonds is 7. The zero-order chi connectivity index (χ0) is 15.7. The normalized spacial score (nSPS) is 16.9. The summed E-state index contributed by atoms with van der Waals surface area (Å²) in [5.74, 6) is -0.782. The Labute approximate surface area is 124 Å². The molecule has 0 radical (unpaired) electrons. The van der Waals surface area contributed by atoms with Crippen LogP contribution >= 0.6 is 0 Å². The highest BCUT2D eigenvalue weighted by Gasteiger charge is 2.42. The molecule has 118 valence electrons. The van der Waals surface area contributed by atoms with Gasteiger partial charge in [-0.25, -0.2) is 17.5 Å². The second-order valence-corrected chi connectivity index (χ2v) is 7.44. The summed E-state index contributed by atoms with van der Waals surface area (Å²) in [7, 11) is -2.28. The van der Waals surface area contributed by atoms with Crippen molar-refractivity contribution < 1.29 is 17.5 Å². The Balaban J connectivity index is 2.11. The molecule has 7 heteroatoms. The summed E-state index contributed by atoms with van der Waals surface area (Å²) in [5.41, 5.74) is 6.41. The molecule has 2 rings (SSSR count). The first-order valence-corrected chi connectivity index (χ1v) is 8.32. The molecule has 1 fully saturated rings. The molecular formula is C14H21FN2O3S. The molecule has 1 aromatic rings. The summed E-state index contributed by atoms with van der Waals surface area (Å²) in [6.45, 7) is 2.52. The predicted molar refractivity (Wildman–Crippen MR) is 78.9 cm³/mol. The Bertz CT molecular complexity index is 627. The summed E-state index contributed by atoms with van der Waals surface area (Å²) in [5, 5.41) is 0. The molecular weight excluding hydrogens is 295 g/mol. The number of anilines is 1. The molecule has 1 aliphatic rings. The van der Waals surface area contributed by atoms with E-state index in [1.165, 1.54) is 6.07 Å². The van der Waals surface area contributed by atoms with E-state index in [4.69, 9.17) is 10.5 Å². The molecule has 0 bridgehead atoms. The number of nitrogens with one attached hydrogen (secondary N) is 1. The highest BCUT2D eigenvalue weighted by Crippen LogP contribution is 2.48. The average molecular weight is 316 g/mol. The summed E-state index contributed by atoms with van der Waals surface area (Å²) in [6.07, 6.45) is 2.71. The first-order valence-electron chi connectivity index (χ1n) is 6.84. The van der Waals surface area contributed by atoms with Crippen molar-refractivity contribution >= 4 is 15.7 Å². The minimum Gasteiger partial charge on any atom is -0.398 e. The molecule has 0 atom stereocenters. The third-order valence-corrected chi connectivity index (χ3v) is 5.46.